The third-order valence-corrected chi connectivity index (χ3v) is 5.64. The lowest BCUT2D eigenvalue weighted by molar-refractivity contribution is -0.134. The van der Waals surface area contributed by atoms with Crippen molar-refractivity contribution in [2.75, 3.05) is 20.3 Å². The zero-order chi connectivity index (χ0) is 18.1. The SMILES string of the molecule is COc1ccc2nc(C)cc(OCC(=O)N3CCc4sccc4C3)c2c1. The summed E-state index contributed by atoms with van der Waals surface area (Å²) in [5.74, 6) is 1.40. The Kier molecular flexibility index (Phi) is 4.51. The largest absolute Gasteiger partial charge is 0.497 e. The number of rotatable bonds is 4. The van der Waals surface area contributed by atoms with Crippen LogP contribution in [0, 0.1) is 6.92 Å². The van der Waals surface area contributed by atoms with Crippen LogP contribution < -0.4 is 9.47 Å². The van der Waals surface area contributed by atoms with Crippen molar-refractivity contribution in [3.8, 4) is 11.5 Å². The van der Waals surface area contributed by atoms with Crippen LogP contribution in [0.2, 0.25) is 0 Å². The lowest BCUT2D eigenvalue weighted by Crippen LogP contribution is -2.38. The number of nitrogens with zero attached hydrogens (tertiary/aromatic N) is 2. The summed E-state index contributed by atoms with van der Waals surface area (Å²) in [7, 11) is 1.63. The fourth-order valence-corrected chi connectivity index (χ4v) is 4.13. The molecule has 0 radical (unpaired) electrons. The van der Waals surface area contributed by atoms with E-state index in [0.29, 0.717) is 12.3 Å². The molecule has 1 aromatic carbocycles. The molecule has 6 heteroatoms. The van der Waals surface area contributed by atoms with Crippen LogP contribution in [0.15, 0.2) is 35.7 Å². The number of hydrogen-bond donors (Lipinski definition) is 0. The van der Waals surface area contributed by atoms with E-state index in [9.17, 15) is 4.79 Å². The molecule has 1 aliphatic heterocycles. The van der Waals surface area contributed by atoms with Gasteiger partial charge >= 0.3 is 0 Å². The molecule has 3 aromatic rings. The molecule has 1 aliphatic rings. The molecule has 0 fully saturated rings. The monoisotopic (exact) mass is 368 g/mol. The van der Waals surface area contributed by atoms with Crippen LogP contribution in [0.5, 0.6) is 11.5 Å². The van der Waals surface area contributed by atoms with Gasteiger partial charge in [-0.1, -0.05) is 0 Å². The van der Waals surface area contributed by atoms with Gasteiger partial charge in [-0.3, -0.25) is 9.78 Å². The van der Waals surface area contributed by atoms with Crippen LogP contribution in [0.3, 0.4) is 0 Å². The van der Waals surface area contributed by atoms with Crippen molar-refractivity contribution in [2.24, 2.45) is 0 Å². The average Bonchev–Trinajstić information content (AvgIpc) is 3.13. The second kappa shape index (κ2) is 6.96. The summed E-state index contributed by atoms with van der Waals surface area (Å²) >= 11 is 1.77. The number of carbonyl (C=O) groups is 1. The molecule has 26 heavy (non-hydrogen) atoms. The predicted molar refractivity (Wildman–Crippen MR) is 102 cm³/mol. The fraction of sp³-hybridized carbons (Fsp3) is 0.300. The number of carbonyl (C=O) groups excluding carboxylic acids is 1. The number of aromatic nitrogens is 1. The molecule has 134 valence electrons. The van der Waals surface area contributed by atoms with Crippen LogP contribution >= 0.6 is 11.3 Å². The predicted octanol–water partition coefficient (Wildman–Crippen LogP) is 3.58. The van der Waals surface area contributed by atoms with E-state index < -0.39 is 0 Å². The fourth-order valence-electron chi connectivity index (χ4n) is 3.24. The first-order valence-corrected chi connectivity index (χ1v) is 9.43. The van der Waals surface area contributed by atoms with Crippen LogP contribution in [-0.4, -0.2) is 36.1 Å². The van der Waals surface area contributed by atoms with Crippen LogP contribution in [0.25, 0.3) is 10.9 Å². The van der Waals surface area contributed by atoms with Gasteiger partial charge in [0.2, 0.25) is 0 Å². The number of benzene rings is 1. The minimum Gasteiger partial charge on any atom is -0.497 e. The van der Waals surface area contributed by atoms with Crippen molar-refractivity contribution in [3.63, 3.8) is 0 Å². The van der Waals surface area contributed by atoms with Crippen molar-refractivity contribution < 1.29 is 14.3 Å². The molecule has 0 N–H and O–H groups in total. The Morgan fingerprint density at radius 2 is 2.19 bits per heavy atom. The number of hydrogen-bond acceptors (Lipinski definition) is 5. The minimum absolute atomic E-state index is 0.00682. The van der Waals surface area contributed by atoms with Gasteiger partial charge in [0.25, 0.3) is 5.91 Å². The Balaban J connectivity index is 1.51. The summed E-state index contributed by atoms with van der Waals surface area (Å²) < 4.78 is 11.2. The molecule has 0 bridgehead atoms. The van der Waals surface area contributed by atoms with Crippen LogP contribution in [0.4, 0.5) is 0 Å². The first kappa shape index (κ1) is 16.8. The Bertz CT molecular complexity index is 967. The van der Waals surface area contributed by atoms with Gasteiger partial charge in [-0.2, -0.15) is 0 Å². The molecule has 2 aromatic heterocycles. The highest BCUT2D eigenvalue weighted by Gasteiger charge is 2.22. The van der Waals surface area contributed by atoms with Gasteiger partial charge in [-0.15, -0.1) is 11.3 Å². The molecular weight excluding hydrogens is 348 g/mol. The molecule has 0 atom stereocenters. The molecule has 4 rings (SSSR count). The number of fused-ring (bicyclic) bond motifs is 2. The summed E-state index contributed by atoms with van der Waals surface area (Å²) in [6.07, 6.45) is 0.924. The average molecular weight is 368 g/mol. The lowest BCUT2D eigenvalue weighted by Gasteiger charge is -2.27. The van der Waals surface area contributed by atoms with Gasteiger partial charge in [0.15, 0.2) is 6.61 Å². The number of amides is 1. The van der Waals surface area contributed by atoms with E-state index in [0.717, 1.165) is 35.3 Å². The summed E-state index contributed by atoms with van der Waals surface area (Å²) in [5.41, 5.74) is 2.93. The number of thiophene rings is 1. The van der Waals surface area contributed by atoms with Gasteiger partial charge < -0.3 is 14.4 Å². The van der Waals surface area contributed by atoms with Crippen molar-refractivity contribution in [1.82, 2.24) is 9.88 Å². The van der Waals surface area contributed by atoms with Crippen molar-refractivity contribution >= 4 is 28.1 Å². The maximum absolute atomic E-state index is 12.6. The lowest BCUT2D eigenvalue weighted by atomic mass is 10.1. The molecule has 5 nitrogen and oxygen atoms in total. The van der Waals surface area contributed by atoms with Crippen molar-refractivity contribution in [1.29, 1.82) is 0 Å². The molecule has 1 amide bonds. The third-order valence-electron chi connectivity index (χ3n) is 4.62. The zero-order valence-electron chi connectivity index (χ0n) is 14.8. The topological polar surface area (TPSA) is 51.7 Å². The number of pyridine rings is 1. The third kappa shape index (κ3) is 3.24. The molecule has 0 aliphatic carbocycles. The molecule has 0 spiro atoms. The van der Waals surface area contributed by atoms with Crippen LogP contribution in [-0.2, 0) is 17.8 Å². The van der Waals surface area contributed by atoms with Crippen molar-refractivity contribution in [2.45, 2.75) is 19.9 Å². The highest BCUT2D eigenvalue weighted by atomic mass is 32.1. The molecule has 0 saturated carbocycles. The first-order valence-electron chi connectivity index (χ1n) is 8.55. The van der Waals surface area contributed by atoms with E-state index >= 15 is 0 Å². The van der Waals surface area contributed by atoms with Gasteiger partial charge in [0, 0.05) is 35.1 Å². The molecule has 0 saturated heterocycles. The van der Waals surface area contributed by atoms with E-state index in [2.05, 4.69) is 16.4 Å². The number of ether oxygens (including phenoxy) is 2. The van der Waals surface area contributed by atoms with E-state index in [4.69, 9.17) is 9.47 Å². The Labute approximate surface area is 156 Å². The maximum Gasteiger partial charge on any atom is 0.260 e. The summed E-state index contributed by atoms with van der Waals surface area (Å²) in [6, 6.07) is 9.63. The smallest absolute Gasteiger partial charge is 0.260 e. The normalized spacial score (nSPS) is 13.5. The van der Waals surface area contributed by atoms with Crippen LogP contribution in [0.1, 0.15) is 16.1 Å². The Morgan fingerprint density at radius 1 is 1.31 bits per heavy atom. The second-order valence-electron chi connectivity index (χ2n) is 6.37. The summed E-state index contributed by atoms with van der Waals surface area (Å²) in [5, 5.41) is 2.94. The van der Waals surface area contributed by atoms with E-state index in [-0.39, 0.29) is 12.5 Å². The van der Waals surface area contributed by atoms with Crippen molar-refractivity contribution in [3.05, 3.63) is 51.8 Å². The zero-order valence-corrected chi connectivity index (χ0v) is 15.6. The highest BCUT2D eigenvalue weighted by molar-refractivity contribution is 7.10. The second-order valence-corrected chi connectivity index (χ2v) is 7.37. The minimum atomic E-state index is 0.00682. The number of methoxy groups -OCH3 is 1. The highest BCUT2D eigenvalue weighted by Crippen LogP contribution is 2.29. The molecule has 3 heterocycles. The number of aryl methyl sites for hydroxylation is 1. The maximum atomic E-state index is 12.6. The molecule has 0 unspecified atom stereocenters. The van der Waals surface area contributed by atoms with Gasteiger partial charge in [0.1, 0.15) is 11.5 Å². The first-order chi connectivity index (χ1) is 12.6. The van der Waals surface area contributed by atoms with Gasteiger partial charge in [-0.05, 0) is 48.6 Å². The standard InChI is InChI=1S/C20H20N2O3S/c1-13-9-18(16-10-15(24-2)3-4-17(16)21-13)25-12-20(23)22-7-5-19-14(11-22)6-8-26-19/h3-4,6,8-10H,5,7,11-12H2,1-2H3. The Hall–Kier alpha value is -2.60. The Morgan fingerprint density at radius 3 is 3.04 bits per heavy atom. The summed E-state index contributed by atoms with van der Waals surface area (Å²) in [6.45, 7) is 3.36. The summed E-state index contributed by atoms with van der Waals surface area (Å²) in [4.78, 5) is 20.4. The van der Waals surface area contributed by atoms with Gasteiger partial charge in [-0.25, -0.2) is 0 Å². The van der Waals surface area contributed by atoms with E-state index in [1.807, 2.05) is 36.1 Å². The van der Waals surface area contributed by atoms with E-state index in [1.165, 1.54) is 10.4 Å². The molecular formula is C20H20N2O3S. The quantitative estimate of drug-likeness (QED) is 0.706. The van der Waals surface area contributed by atoms with E-state index in [1.54, 1.807) is 18.4 Å². The van der Waals surface area contributed by atoms with Gasteiger partial charge in [0.05, 0.1) is 12.6 Å².